The van der Waals surface area contributed by atoms with E-state index in [0.29, 0.717) is 18.8 Å². The van der Waals surface area contributed by atoms with Crippen LogP contribution in [0.25, 0.3) is 0 Å². The lowest BCUT2D eigenvalue weighted by Crippen LogP contribution is -2.41. The molecule has 6 heteroatoms. The number of carbonyl (C=O) groups is 2. The quantitative estimate of drug-likeness (QED) is 0.505. The summed E-state index contributed by atoms with van der Waals surface area (Å²) in [5.74, 6) is 0.309. The second-order valence-corrected chi connectivity index (χ2v) is 9.84. The molecule has 1 fully saturated rings. The second kappa shape index (κ2) is 10.1. The van der Waals surface area contributed by atoms with Gasteiger partial charge in [0.1, 0.15) is 11.6 Å². The number of rotatable bonds is 7. The molecule has 2 aliphatic rings. The summed E-state index contributed by atoms with van der Waals surface area (Å²) >= 11 is 0. The van der Waals surface area contributed by atoms with Crippen LogP contribution >= 0.6 is 0 Å². The van der Waals surface area contributed by atoms with E-state index in [2.05, 4.69) is 5.32 Å². The van der Waals surface area contributed by atoms with E-state index in [0.717, 1.165) is 47.1 Å². The minimum Gasteiger partial charge on any atom is -0.481 e. The van der Waals surface area contributed by atoms with Gasteiger partial charge >= 0.3 is 0 Å². The maximum Gasteiger partial charge on any atom is 0.261 e. The standard InChI is InChI=1S/C30H31FN2O3/c1-19-4-3-5-21(16-19)18-32-29(34)20(2)36-26-13-10-22-14-15-33(30(35)24-6-7-24)28(27(22)17-26)23-8-11-25(31)12-9-23/h3-5,8-13,16-17,20,24,28H,6-7,14-15,18H2,1-2H3,(H,32,34). The zero-order chi connectivity index (χ0) is 25.2. The van der Waals surface area contributed by atoms with E-state index in [1.807, 2.05) is 54.3 Å². The Balaban J connectivity index is 1.35. The highest BCUT2D eigenvalue weighted by Crippen LogP contribution is 2.41. The van der Waals surface area contributed by atoms with Crippen LogP contribution in [0.3, 0.4) is 0 Å². The molecular weight excluding hydrogens is 455 g/mol. The number of carbonyl (C=O) groups excluding carboxylic acids is 2. The van der Waals surface area contributed by atoms with Crippen LogP contribution in [-0.2, 0) is 22.6 Å². The summed E-state index contributed by atoms with van der Waals surface area (Å²) in [5.41, 5.74) is 5.14. The lowest BCUT2D eigenvalue weighted by molar-refractivity contribution is -0.134. The van der Waals surface area contributed by atoms with Crippen molar-refractivity contribution in [3.63, 3.8) is 0 Å². The molecule has 5 rings (SSSR count). The predicted molar refractivity (Wildman–Crippen MR) is 136 cm³/mol. The first-order valence-electron chi connectivity index (χ1n) is 12.6. The largest absolute Gasteiger partial charge is 0.481 e. The number of fused-ring (bicyclic) bond motifs is 1. The highest BCUT2D eigenvalue weighted by atomic mass is 19.1. The first-order chi connectivity index (χ1) is 17.4. The third-order valence-corrected chi connectivity index (χ3v) is 6.97. The van der Waals surface area contributed by atoms with Crippen LogP contribution in [0.15, 0.2) is 66.7 Å². The van der Waals surface area contributed by atoms with E-state index in [4.69, 9.17) is 4.74 Å². The summed E-state index contributed by atoms with van der Waals surface area (Å²) in [7, 11) is 0. The van der Waals surface area contributed by atoms with Crippen molar-refractivity contribution in [2.24, 2.45) is 5.92 Å². The van der Waals surface area contributed by atoms with Crippen LogP contribution in [0.1, 0.15) is 53.6 Å². The molecule has 0 spiro atoms. The third-order valence-electron chi connectivity index (χ3n) is 6.97. The number of nitrogens with one attached hydrogen (secondary N) is 1. The molecule has 3 aromatic carbocycles. The Bertz CT molecular complexity index is 1270. The van der Waals surface area contributed by atoms with Crippen molar-refractivity contribution >= 4 is 11.8 Å². The lowest BCUT2D eigenvalue weighted by atomic mass is 9.87. The Kier molecular flexibility index (Phi) is 6.77. The second-order valence-electron chi connectivity index (χ2n) is 9.84. The number of hydrogen-bond donors (Lipinski definition) is 1. The minimum absolute atomic E-state index is 0.0889. The summed E-state index contributed by atoms with van der Waals surface area (Å²) in [6.45, 7) is 4.81. The molecule has 2 amide bonds. The van der Waals surface area contributed by atoms with Crippen molar-refractivity contribution in [2.45, 2.75) is 51.8 Å². The summed E-state index contributed by atoms with van der Waals surface area (Å²) < 4.78 is 19.7. The van der Waals surface area contributed by atoms with Gasteiger partial charge in [0.15, 0.2) is 6.10 Å². The zero-order valence-corrected chi connectivity index (χ0v) is 20.7. The number of benzene rings is 3. The van der Waals surface area contributed by atoms with Gasteiger partial charge in [-0.1, -0.05) is 48.0 Å². The van der Waals surface area contributed by atoms with Gasteiger partial charge in [0.25, 0.3) is 5.91 Å². The number of amides is 2. The van der Waals surface area contributed by atoms with Gasteiger partial charge in [-0.25, -0.2) is 4.39 Å². The molecule has 0 radical (unpaired) electrons. The van der Waals surface area contributed by atoms with E-state index in [-0.39, 0.29) is 29.6 Å². The fourth-order valence-electron chi connectivity index (χ4n) is 4.89. The maximum absolute atomic E-state index is 13.7. The van der Waals surface area contributed by atoms with Gasteiger partial charge in [0, 0.05) is 19.0 Å². The van der Waals surface area contributed by atoms with E-state index in [1.54, 1.807) is 19.1 Å². The summed E-state index contributed by atoms with van der Waals surface area (Å²) in [6, 6.07) is 19.9. The molecule has 0 bridgehead atoms. The van der Waals surface area contributed by atoms with E-state index in [1.165, 1.54) is 12.1 Å². The van der Waals surface area contributed by atoms with E-state index < -0.39 is 6.10 Å². The van der Waals surface area contributed by atoms with E-state index >= 15 is 0 Å². The Labute approximate surface area is 211 Å². The Hall–Kier alpha value is -3.67. The molecule has 0 aromatic heterocycles. The minimum atomic E-state index is -0.690. The maximum atomic E-state index is 13.7. The van der Waals surface area contributed by atoms with Gasteiger partial charge in [0.2, 0.25) is 5.91 Å². The molecule has 1 aliphatic heterocycles. The van der Waals surface area contributed by atoms with Crippen molar-refractivity contribution in [1.82, 2.24) is 10.2 Å². The molecule has 2 unspecified atom stereocenters. The van der Waals surface area contributed by atoms with Gasteiger partial charge in [-0.05, 0) is 79.6 Å². The molecule has 186 valence electrons. The average molecular weight is 487 g/mol. The molecule has 1 aliphatic carbocycles. The summed E-state index contributed by atoms with van der Waals surface area (Å²) in [5, 5.41) is 2.94. The number of nitrogens with zero attached hydrogens (tertiary/aromatic N) is 1. The highest BCUT2D eigenvalue weighted by molar-refractivity contribution is 5.82. The van der Waals surface area contributed by atoms with Crippen molar-refractivity contribution in [3.8, 4) is 5.75 Å². The molecule has 1 heterocycles. The Morgan fingerprint density at radius 3 is 2.58 bits per heavy atom. The fourth-order valence-corrected chi connectivity index (χ4v) is 4.89. The highest BCUT2D eigenvalue weighted by Gasteiger charge is 2.39. The normalized spacial score (nSPS) is 17.8. The molecule has 0 saturated heterocycles. The van der Waals surface area contributed by atoms with Crippen LogP contribution in [0.4, 0.5) is 4.39 Å². The Morgan fingerprint density at radius 2 is 1.86 bits per heavy atom. The average Bonchev–Trinajstić information content (AvgIpc) is 3.72. The first kappa shape index (κ1) is 24.0. The van der Waals surface area contributed by atoms with Crippen molar-refractivity contribution in [3.05, 3.63) is 100 Å². The van der Waals surface area contributed by atoms with Crippen LogP contribution in [0.2, 0.25) is 0 Å². The smallest absolute Gasteiger partial charge is 0.261 e. The van der Waals surface area contributed by atoms with Crippen molar-refractivity contribution < 1.29 is 18.7 Å². The van der Waals surface area contributed by atoms with E-state index in [9.17, 15) is 14.0 Å². The third kappa shape index (κ3) is 5.27. The molecular formula is C30H31FN2O3. The molecule has 1 N–H and O–H groups in total. The molecule has 1 saturated carbocycles. The van der Waals surface area contributed by atoms with Crippen molar-refractivity contribution in [2.75, 3.05) is 6.54 Å². The Morgan fingerprint density at radius 1 is 1.08 bits per heavy atom. The van der Waals surface area contributed by atoms with Crippen LogP contribution < -0.4 is 10.1 Å². The molecule has 2 atom stereocenters. The SMILES string of the molecule is Cc1cccc(CNC(=O)C(C)Oc2ccc3c(c2)C(c2ccc(F)cc2)N(C(=O)C2CC2)CC3)c1. The van der Waals surface area contributed by atoms with Crippen LogP contribution in [0.5, 0.6) is 5.75 Å². The zero-order valence-electron chi connectivity index (χ0n) is 20.7. The topological polar surface area (TPSA) is 58.6 Å². The van der Waals surface area contributed by atoms with Crippen molar-refractivity contribution in [1.29, 1.82) is 0 Å². The number of ether oxygens (including phenoxy) is 1. The summed E-state index contributed by atoms with van der Waals surface area (Å²) in [4.78, 5) is 27.8. The van der Waals surface area contributed by atoms with Gasteiger partial charge in [-0.15, -0.1) is 0 Å². The van der Waals surface area contributed by atoms with Crippen LogP contribution in [-0.4, -0.2) is 29.4 Å². The lowest BCUT2D eigenvalue weighted by Gasteiger charge is -2.38. The molecule has 5 nitrogen and oxygen atoms in total. The fraction of sp³-hybridized carbons (Fsp3) is 0.333. The first-order valence-corrected chi connectivity index (χ1v) is 12.6. The van der Waals surface area contributed by atoms with Gasteiger partial charge < -0.3 is 15.0 Å². The molecule has 3 aromatic rings. The monoisotopic (exact) mass is 486 g/mol. The predicted octanol–water partition coefficient (Wildman–Crippen LogP) is 5.10. The number of hydrogen-bond acceptors (Lipinski definition) is 3. The van der Waals surface area contributed by atoms with Gasteiger partial charge in [-0.3, -0.25) is 9.59 Å². The van der Waals surface area contributed by atoms with Gasteiger partial charge in [0.05, 0.1) is 6.04 Å². The van der Waals surface area contributed by atoms with Crippen LogP contribution in [0, 0.1) is 18.7 Å². The summed E-state index contributed by atoms with van der Waals surface area (Å²) in [6.07, 6.45) is 1.91. The number of halogens is 1. The van der Waals surface area contributed by atoms with Gasteiger partial charge in [-0.2, -0.15) is 0 Å². The number of aryl methyl sites for hydroxylation is 1. The molecule has 36 heavy (non-hydrogen) atoms.